The van der Waals surface area contributed by atoms with Crippen LogP contribution < -0.4 is 131 Å². The first-order chi connectivity index (χ1) is 10.4. The average molecular weight is 733 g/mol. The van der Waals surface area contributed by atoms with E-state index in [9.17, 15) is 0 Å². The van der Waals surface area contributed by atoms with Gasteiger partial charge < -0.3 is 79.2 Å². The van der Waals surface area contributed by atoms with E-state index >= 15 is 0 Å². The summed E-state index contributed by atoms with van der Waals surface area (Å²) in [6, 6.07) is 0. The van der Waals surface area contributed by atoms with E-state index < -0.39 is 64.7 Å². The Morgan fingerprint density at radius 3 is 0.346 bits per heavy atom. The molecule has 0 aliphatic heterocycles. The van der Waals surface area contributed by atoms with Gasteiger partial charge in [-0.15, -0.1) is 0 Å². The summed E-state index contributed by atoms with van der Waals surface area (Å²) >= 11 is 0. The zero-order valence-electron chi connectivity index (χ0n) is 11.0. The van der Waals surface area contributed by atoms with Crippen molar-refractivity contribution in [3.05, 3.63) is 0 Å². The fraction of sp³-hybridized carbons (Fsp3) is 0. The molecule has 1 N–H and O–H groups in total. The molecule has 1 radical (unpaired) electrons. The number of rotatable bonds is 0. The monoisotopic (exact) mass is 731 g/mol. The minimum absolute atomic E-state index is 0. The van der Waals surface area contributed by atoms with Gasteiger partial charge in [0, 0.05) is 24.8 Å². The Labute approximate surface area is 217 Å². The van der Waals surface area contributed by atoms with Gasteiger partial charge in [0.15, 0.2) is 0 Å². The molecule has 0 saturated carbocycles. The van der Waals surface area contributed by atoms with Crippen LogP contribution in [0.25, 0.3) is 0 Å². The molecule has 26 heteroatoms. The van der Waals surface area contributed by atoms with Crippen molar-refractivity contribution in [2.45, 2.75) is 0 Å². The molecule has 0 amide bonds. The Balaban J connectivity index is -0.0000000245. The van der Waals surface area contributed by atoms with Crippen LogP contribution in [0, 0.1) is 64.7 Å². The van der Waals surface area contributed by atoms with Crippen molar-refractivity contribution in [1.82, 2.24) is 0 Å². The smallest absolute Gasteiger partial charge is 0.357 e. The molecule has 0 fully saturated rings. The van der Waals surface area contributed by atoms with Gasteiger partial charge in [0.05, 0.1) is 53.9 Å². The van der Waals surface area contributed by atoms with Crippen molar-refractivity contribution in [2.75, 3.05) is 0 Å². The van der Waals surface area contributed by atoms with E-state index in [1.807, 2.05) is 0 Å². The SMILES string of the molecule is [Ir].[K+].[O-][Cl+2]([O-])O.[O-][Cl+2]([O-])[O-].[O-][Cl+2]([O-])[O-].[O-][Cl+2]([O-])[O-].[O-][Cl+2]([O-])[O-].[O-][Cl+2]([O-])[O-]. The maximum absolute atomic E-state index is 8.52. The molecular formula is HCl6IrKO18-4. The molecule has 0 spiro atoms. The van der Waals surface area contributed by atoms with Crippen LogP contribution in [0.15, 0.2) is 0 Å². The molecule has 0 unspecified atom stereocenters. The number of hydrogen-bond acceptors (Lipinski definition) is 18. The van der Waals surface area contributed by atoms with Gasteiger partial charge in [0.2, 0.25) is 0 Å². The van der Waals surface area contributed by atoms with Crippen LogP contribution in [0.3, 0.4) is 0 Å². The first kappa shape index (κ1) is 51.7. The van der Waals surface area contributed by atoms with Crippen LogP contribution >= 0.6 is 0 Å². The zero-order chi connectivity index (χ0) is 21.5. The van der Waals surface area contributed by atoms with E-state index in [4.69, 9.17) is 83.9 Å². The molecule has 0 aromatic heterocycles. The minimum Gasteiger partial charge on any atom is -0.357 e. The third-order valence-electron chi connectivity index (χ3n) is 0. The van der Waals surface area contributed by atoms with E-state index in [-0.39, 0.29) is 71.5 Å². The quantitative estimate of drug-likeness (QED) is 0.226. The standard InChI is InChI=1S/ClHO3.5ClO3.Ir.K/c6*2-1(3)4;;/h2H;;;;;;;/q;5*-1;;+1. The van der Waals surface area contributed by atoms with Gasteiger partial charge in [-0.05, 0) is 0 Å². The van der Waals surface area contributed by atoms with Gasteiger partial charge in [0.1, 0.15) is 0 Å². The molecule has 0 bridgehead atoms. The summed E-state index contributed by atoms with van der Waals surface area (Å²) in [7, 11) is -16.9. The molecule has 0 aromatic rings. The largest absolute Gasteiger partial charge is 1.00 e. The summed E-state index contributed by atoms with van der Waals surface area (Å²) in [6.45, 7) is 0. The first-order valence-electron chi connectivity index (χ1n) is 2.79. The predicted octanol–water partition coefficient (Wildman–Crippen LogP) is -23.8. The van der Waals surface area contributed by atoms with Gasteiger partial charge in [-0.1, -0.05) is 0 Å². The third kappa shape index (κ3) is 1730. The van der Waals surface area contributed by atoms with Crippen molar-refractivity contribution in [3.8, 4) is 0 Å². The Hall–Kier alpha value is 3.31. The summed E-state index contributed by atoms with van der Waals surface area (Å²) < 4.78 is 150. The Bertz CT molecular complexity index is 107. The van der Waals surface area contributed by atoms with Gasteiger partial charge >= 0.3 is 51.4 Å². The second kappa shape index (κ2) is 46.5. The molecule has 165 valence electrons. The Kier molecular flexibility index (Phi) is 92.5. The van der Waals surface area contributed by atoms with Crippen molar-refractivity contribution < 1.29 is 220 Å². The molecule has 0 aliphatic rings. The second-order valence-electron chi connectivity index (χ2n) is 1.15. The van der Waals surface area contributed by atoms with E-state index in [2.05, 4.69) is 0 Å². The second-order valence-corrected chi connectivity index (χ2v) is 3.44. The van der Waals surface area contributed by atoms with E-state index in [1.54, 1.807) is 0 Å². The number of halogens is 6. The predicted molar refractivity (Wildman–Crippen MR) is 2.22 cm³/mol. The first-order valence-corrected chi connectivity index (χ1v) is 8.38. The van der Waals surface area contributed by atoms with Crippen LogP contribution in [0.1, 0.15) is 0 Å². The maximum Gasteiger partial charge on any atom is 1.00 e. The molecule has 0 heterocycles. The van der Waals surface area contributed by atoms with Crippen LogP contribution in [-0.2, 0) is 20.1 Å². The third-order valence-corrected chi connectivity index (χ3v) is 0. The molecule has 18 nitrogen and oxygen atoms in total. The molecule has 0 aromatic carbocycles. The fourth-order valence-corrected chi connectivity index (χ4v) is 0. The van der Waals surface area contributed by atoms with E-state index in [1.165, 1.54) is 0 Å². The van der Waals surface area contributed by atoms with Gasteiger partial charge in [-0.3, -0.25) is 0 Å². The average Bonchev–Trinajstić information content (AvgIpc) is 2.08. The summed E-state index contributed by atoms with van der Waals surface area (Å²) in [6.07, 6.45) is 0. The van der Waals surface area contributed by atoms with E-state index in [0.717, 1.165) is 0 Å². The van der Waals surface area contributed by atoms with Crippen LogP contribution in [0.4, 0.5) is 0 Å². The molecule has 26 heavy (non-hydrogen) atoms. The molecule has 0 aliphatic carbocycles. The Morgan fingerprint density at radius 1 is 0.346 bits per heavy atom. The summed E-state index contributed by atoms with van der Waals surface area (Å²) in [5.74, 6) is 0. The van der Waals surface area contributed by atoms with Crippen LogP contribution in [0.2, 0.25) is 0 Å². The van der Waals surface area contributed by atoms with Crippen LogP contribution in [0.5, 0.6) is 0 Å². The Morgan fingerprint density at radius 2 is 0.346 bits per heavy atom. The summed E-state index contributed by atoms with van der Waals surface area (Å²) in [4.78, 5) is 0. The topological polar surface area (TPSA) is 412 Å². The molecule has 0 atom stereocenters. The minimum atomic E-state index is -2.85. The van der Waals surface area contributed by atoms with Gasteiger partial charge in [-0.25, -0.2) is 0 Å². The normalized spacial score (nSPS) is 8.31. The van der Waals surface area contributed by atoms with E-state index in [0.29, 0.717) is 0 Å². The van der Waals surface area contributed by atoms with Gasteiger partial charge in [-0.2, -0.15) is 0 Å². The van der Waals surface area contributed by atoms with Gasteiger partial charge in [0.25, 0.3) is 10.8 Å². The molecule has 0 rings (SSSR count). The van der Waals surface area contributed by atoms with Crippen molar-refractivity contribution in [3.63, 3.8) is 0 Å². The van der Waals surface area contributed by atoms with Crippen molar-refractivity contribution in [2.24, 2.45) is 0 Å². The fourth-order valence-electron chi connectivity index (χ4n) is 0. The molecule has 0 saturated heterocycles. The summed E-state index contributed by atoms with van der Waals surface area (Å²) in [5.41, 5.74) is 0. The van der Waals surface area contributed by atoms with Crippen LogP contribution in [-0.4, -0.2) is 4.66 Å². The summed E-state index contributed by atoms with van der Waals surface area (Å²) in [5, 5.41) is 0. The zero-order valence-corrected chi connectivity index (χ0v) is 21.0. The molecular weight excluding hydrogens is 732 g/mol. The number of hydrogen-bond donors (Lipinski definition) is 1. The van der Waals surface area contributed by atoms with Crippen molar-refractivity contribution >= 4 is 0 Å². The van der Waals surface area contributed by atoms with Crippen molar-refractivity contribution in [1.29, 1.82) is 0 Å². The maximum atomic E-state index is 8.52.